The normalized spacial score (nSPS) is 39.2. The van der Waals surface area contributed by atoms with E-state index in [0.29, 0.717) is 10.9 Å². The number of likely N-dealkylation sites (tertiary alicyclic amines) is 1. The van der Waals surface area contributed by atoms with Crippen LogP contribution in [0.4, 0.5) is 0 Å². The van der Waals surface area contributed by atoms with Crippen LogP contribution in [-0.4, -0.2) is 42.1 Å². The fourth-order valence-electron chi connectivity index (χ4n) is 2.77. The smallest absolute Gasteiger partial charge is 0.0702 e. The van der Waals surface area contributed by atoms with Crippen LogP contribution in [0.2, 0.25) is 0 Å². The summed E-state index contributed by atoms with van der Waals surface area (Å²) < 4.78 is 5.79. The highest BCUT2D eigenvalue weighted by molar-refractivity contribution is 9.09. The standard InChI is InChI=1S/C12H22BrNO/c1-10-6-11(13)8-14(7-10)9-12-4-2-3-5-15-12/h10-12H,2-9H2,1H3. The lowest BCUT2D eigenvalue weighted by molar-refractivity contribution is -0.0113. The lowest BCUT2D eigenvalue weighted by atomic mass is 9.99. The predicted octanol–water partition coefficient (Wildman–Crippen LogP) is 2.66. The molecule has 0 aromatic carbocycles. The molecule has 0 aromatic rings. The Hall–Kier alpha value is 0.400. The molecule has 3 atom stereocenters. The number of ether oxygens (including phenoxy) is 1. The van der Waals surface area contributed by atoms with Gasteiger partial charge in [-0.05, 0) is 31.6 Å². The molecule has 0 aliphatic carbocycles. The van der Waals surface area contributed by atoms with E-state index in [1.54, 1.807) is 0 Å². The van der Waals surface area contributed by atoms with Crippen LogP contribution in [0, 0.1) is 5.92 Å². The van der Waals surface area contributed by atoms with E-state index < -0.39 is 0 Å². The van der Waals surface area contributed by atoms with Gasteiger partial charge in [0.2, 0.25) is 0 Å². The average Bonchev–Trinajstić information content (AvgIpc) is 2.17. The third-order valence-corrected chi connectivity index (χ3v) is 4.08. The SMILES string of the molecule is CC1CC(Br)CN(CC2CCCCO2)C1. The molecule has 3 heteroatoms. The van der Waals surface area contributed by atoms with Crippen molar-refractivity contribution in [2.24, 2.45) is 5.92 Å². The van der Waals surface area contributed by atoms with Gasteiger partial charge in [0.15, 0.2) is 0 Å². The highest BCUT2D eigenvalue weighted by atomic mass is 79.9. The highest BCUT2D eigenvalue weighted by Gasteiger charge is 2.25. The van der Waals surface area contributed by atoms with Crippen molar-refractivity contribution in [2.75, 3.05) is 26.2 Å². The summed E-state index contributed by atoms with van der Waals surface area (Å²) in [7, 11) is 0. The minimum absolute atomic E-state index is 0.503. The molecular weight excluding hydrogens is 254 g/mol. The quantitative estimate of drug-likeness (QED) is 0.719. The summed E-state index contributed by atoms with van der Waals surface area (Å²) in [5.74, 6) is 0.826. The average molecular weight is 276 g/mol. The topological polar surface area (TPSA) is 12.5 Å². The van der Waals surface area contributed by atoms with Crippen LogP contribution in [0.5, 0.6) is 0 Å². The van der Waals surface area contributed by atoms with Crippen molar-refractivity contribution in [3.8, 4) is 0 Å². The van der Waals surface area contributed by atoms with E-state index >= 15 is 0 Å². The lowest BCUT2D eigenvalue weighted by Crippen LogP contribution is -2.44. The maximum Gasteiger partial charge on any atom is 0.0702 e. The zero-order chi connectivity index (χ0) is 10.7. The summed E-state index contributed by atoms with van der Waals surface area (Å²) in [5, 5.41) is 0. The Morgan fingerprint density at radius 2 is 2.20 bits per heavy atom. The maximum atomic E-state index is 5.79. The molecule has 15 heavy (non-hydrogen) atoms. The lowest BCUT2D eigenvalue weighted by Gasteiger charge is -2.37. The van der Waals surface area contributed by atoms with Gasteiger partial charge < -0.3 is 4.74 Å². The zero-order valence-corrected chi connectivity index (χ0v) is 11.2. The first-order valence-electron chi connectivity index (χ1n) is 6.22. The molecule has 88 valence electrons. The molecule has 0 amide bonds. The third kappa shape index (κ3) is 3.72. The van der Waals surface area contributed by atoms with E-state index in [1.165, 1.54) is 38.8 Å². The minimum atomic E-state index is 0.503. The van der Waals surface area contributed by atoms with Gasteiger partial charge >= 0.3 is 0 Å². The number of hydrogen-bond donors (Lipinski definition) is 0. The molecule has 0 N–H and O–H groups in total. The van der Waals surface area contributed by atoms with E-state index in [9.17, 15) is 0 Å². The van der Waals surface area contributed by atoms with Crippen LogP contribution in [0.25, 0.3) is 0 Å². The molecule has 2 heterocycles. The number of rotatable bonds is 2. The zero-order valence-electron chi connectivity index (χ0n) is 9.62. The molecule has 0 spiro atoms. The van der Waals surface area contributed by atoms with Crippen molar-refractivity contribution < 1.29 is 4.74 Å². The fraction of sp³-hybridized carbons (Fsp3) is 1.00. The van der Waals surface area contributed by atoms with Gasteiger partial charge in [-0.3, -0.25) is 4.90 Å². The van der Waals surface area contributed by atoms with E-state index in [1.807, 2.05) is 0 Å². The molecule has 0 saturated carbocycles. The number of halogens is 1. The number of alkyl halides is 1. The van der Waals surface area contributed by atoms with E-state index in [-0.39, 0.29) is 0 Å². The molecule has 2 rings (SSSR count). The Morgan fingerprint density at radius 1 is 1.33 bits per heavy atom. The van der Waals surface area contributed by atoms with Crippen molar-refractivity contribution in [3.05, 3.63) is 0 Å². The Morgan fingerprint density at radius 3 is 2.87 bits per heavy atom. The van der Waals surface area contributed by atoms with Crippen LogP contribution in [0.15, 0.2) is 0 Å². The van der Waals surface area contributed by atoms with E-state index in [4.69, 9.17) is 4.74 Å². The maximum absolute atomic E-state index is 5.79. The van der Waals surface area contributed by atoms with Gasteiger partial charge in [0, 0.05) is 31.1 Å². The highest BCUT2D eigenvalue weighted by Crippen LogP contribution is 2.23. The summed E-state index contributed by atoms with van der Waals surface area (Å²) in [6.45, 7) is 6.92. The first-order valence-corrected chi connectivity index (χ1v) is 7.13. The molecule has 0 aromatic heterocycles. The molecule has 0 radical (unpaired) electrons. The van der Waals surface area contributed by atoms with Crippen LogP contribution in [0.1, 0.15) is 32.6 Å². The van der Waals surface area contributed by atoms with Crippen LogP contribution < -0.4 is 0 Å². The van der Waals surface area contributed by atoms with Gasteiger partial charge in [0.1, 0.15) is 0 Å². The fourth-order valence-corrected chi connectivity index (χ4v) is 3.82. The molecular formula is C12H22BrNO. The Balaban J connectivity index is 1.77. The van der Waals surface area contributed by atoms with Crippen LogP contribution in [0.3, 0.4) is 0 Å². The van der Waals surface area contributed by atoms with Crippen molar-refractivity contribution in [2.45, 2.75) is 43.5 Å². The largest absolute Gasteiger partial charge is 0.377 e. The second-order valence-electron chi connectivity index (χ2n) is 5.15. The Bertz CT molecular complexity index is 184. The van der Waals surface area contributed by atoms with Gasteiger partial charge in [0.05, 0.1) is 6.10 Å². The second kappa shape index (κ2) is 5.65. The van der Waals surface area contributed by atoms with Crippen LogP contribution in [-0.2, 0) is 4.74 Å². The molecule has 2 saturated heterocycles. The van der Waals surface area contributed by atoms with Crippen molar-refractivity contribution in [3.63, 3.8) is 0 Å². The first kappa shape index (κ1) is 11.9. The molecule has 2 fully saturated rings. The summed E-state index contributed by atoms with van der Waals surface area (Å²) >= 11 is 3.75. The van der Waals surface area contributed by atoms with Gasteiger partial charge in [-0.15, -0.1) is 0 Å². The van der Waals surface area contributed by atoms with Crippen LogP contribution >= 0.6 is 15.9 Å². The van der Waals surface area contributed by atoms with Crippen molar-refractivity contribution in [1.29, 1.82) is 0 Å². The summed E-state index contributed by atoms with van der Waals surface area (Å²) in [6, 6.07) is 0. The van der Waals surface area contributed by atoms with Gasteiger partial charge in [0.25, 0.3) is 0 Å². The minimum Gasteiger partial charge on any atom is -0.377 e. The van der Waals surface area contributed by atoms with Gasteiger partial charge in [-0.1, -0.05) is 22.9 Å². The molecule has 2 aliphatic rings. The predicted molar refractivity (Wildman–Crippen MR) is 66.5 cm³/mol. The molecule has 3 unspecified atom stereocenters. The molecule has 2 nitrogen and oxygen atoms in total. The summed E-state index contributed by atoms with van der Waals surface area (Å²) in [6.07, 6.45) is 5.70. The first-order chi connectivity index (χ1) is 7.24. The monoisotopic (exact) mass is 275 g/mol. The second-order valence-corrected chi connectivity index (χ2v) is 6.44. The van der Waals surface area contributed by atoms with Gasteiger partial charge in [-0.25, -0.2) is 0 Å². The molecule has 2 aliphatic heterocycles. The summed E-state index contributed by atoms with van der Waals surface area (Å²) in [5.41, 5.74) is 0. The van der Waals surface area contributed by atoms with E-state index in [2.05, 4.69) is 27.8 Å². The number of hydrogen-bond acceptors (Lipinski definition) is 2. The Labute approximate surface area is 101 Å². The van der Waals surface area contributed by atoms with Crippen molar-refractivity contribution in [1.82, 2.24) is 4.90 Å². The third-order valence-electron chi connectivity index (χ3n) is 3.42. The Kier molecular flexibility index (Phi) is 4.47. The number of nitrogens with zero attached hydrogens (tertiary/aromatic N) is 1. The number of piperidine rings is 1. The van der Waals surface area contributed by atoms with E-state index in [0.717, 1.165) is 19.1 Å². The van der Waals surface area contributed by atoms with Gasteiger partial charge in [-0.2, -0.15) is 0 Å². The van der Waals surface area contributed by atoms with Crippen molar-refractivity contribution >= 4 is 15.9 Å². The summed E-state index contributed by atoms with van der Waals surface area (Å²) in [4.78, 5) is 3.26. The molecule has 0 bridgehead atoms.